The summed E-state index contributed by atoms with van der Waals surface area (Å²) in [5.74, 6) is -0.975. The van der Waals surface area contributed by atoms with Crippen molar-refractivity contribution in [2.45, 2.75) is 26.7 Å². The Morgan fingerprint density at radius 3 is 2.75 bits per heavy atom. The van der Waals surface area contributed by atoms with Crippen molar-refractivity contribution in [2.24, 2.45) is 0 Å². The maximum absolute atomic E-state index is 10.5. The monoisotopic (exact) mass is 271 g/mol. The summed E-state index contributed by atoms with van der Waals surface area (Å²) in [6, 6.07) is 3.96. The Kier molecular flexibility index (Phi) is 4.30. The van der Waals surface area contributed by atoms with Gasteiger partial charge in [-0.05, 0) is 36.6 Å². The minimum absolute atomic E-state index is 0.737. The summed E-state index contributed by atoms with van der Waals surface area (Å²) in [7, 11) is 0. The van der Waals surface area contributed by atoms with E-state index in [1.165, 1.54) is 6.08 Å². The van der Waals surface area contributed by atoms with E-state index in [0.29, 0.717) is 0 Å². The molecule has 0 aliphatic heterocycles. The molecule has 2 heterocycles. The van der Waals surface area contributed by atoms with Crippen LogP contribution >= 0.6 is 0 Å². The zero-order valence-electron chi connectivity index (χ0n) is 11.6. The van der Waals surface area contributed by atoms with Crippen LogP contribution in [0, 0.1) is 0 Å². The van der Waals surface area contributed by atoms with Gasteiger partial charge >= 0.3 is 5.97 Å². The summed E-state index contributed by atoms with van der Waals surface area (Å²) in [5.41, 5.74) is 3.73. The van der Waals surface area contributed by atoms with Crippen LogP contribution in [-0.4, -0.2) is 25.8 Å². The second kappa shape index (κ2) is 6.14. The van der Waals surface area contributed by atoms with Gasteiger partial charge in [0.2, 0.25) is 0 Å². The lowest BCUT2D eigenvalue weighted by Gasteiger charge is -2.06. The first kappa shape index (κ1) is 14.0. The average Bonchev–Trinajstić information content (AvgIpc) is 2.89. The highest BCUT2D eigenvalue weighted by molar-refractivity contribution is 5.85. The van der Waals surface area contributed by atoms with Gasteiger partial charge in [-0.1, -0.05) is 13.8 Å². The Balaban J connectivity index is 2.40. The molecule has 0 radical (unpaired) electrons. The van der Waals surface area contributed by atoms with Crippen LogP contribution in [0.25, 0.3) is 11.8 Å². The maximum atomic E-state index is 10.5. The van der Waals surface area contributed by atoms with Crippen molar-refractivity contribution in [1.82, 2.24) is 14.8 Å². The van der Waals surface area contributed by atoms with Crippen LogP contribution in [0.5, 0.6) is 0 Å². The van der Waals surface area contributed by atoms with Gasteiger partial charge < -0.3 is 5.11 Å². The van der Waals surface area contributed by atoms with Crippen molar-refractivity contribution in [3.8, 4) is 5.69 Å². The van der Waals surface area contributed by atoms with E-state index in [2.05, 4.69) is 30.0 Å². The van der Waals surface area contributed by atoms with E-state index in [1.54, 1.807) is 12.4 Å². The molecular formula is C15H17N3O2. The zero-order chi connectivity index (χ0) is 14.5. The van der Waals surface area contributed by atoms with Gasteiger partial charge in [0.25, 0.3) is 0 Å². The summed E-state index contributed by atoms with van der Waals surface area (Å²) in [5, 5.41) is 13.2. The first-order valence-electron chi connectivity index (χ1n) is 6.58. The molecule has 0 spiro atoms. The molecule has 0 aliphatic carbocycles. The molecule has 0 fully saturated rings. The number of hydrogen-bond donors (Lipinski definition) is 1. The van der Waals surface area contributed by atoms with Crippen molar-refractivity contribution in [3.05, 3.63) is 47.6 Å². The second-order valence-electron chi connectivity index (χ2n) is 4.39. The number of rotatable bonds is 5. The van der Waals surface area contributed by atoms with E-state index < -0.39 is 5.97 Å². The number of pyridine rings is 1. The second-order valence-corrected chi connectivity index (χ2v) is 4.39. The predicted molar refractivity (Wildman–Crippen MR) is 76.8 cm³/mol. The first-order valence-corrected chi connectivity index (χ1v) is 6.58. The number of aryl methyl sites for hydroxylation is 2. The molecule has 2 rings (SSSR count). The molecule has 0 atom stereocenters. The van der Waals surface area contributed by atoms with Gasteiger partial charge in [0, 0.05) is 18.0 Å². The van der Waals surface area contributed by atoms with E-state index >= 15 is 0 Å². The number of aliphatic carboxylic acids is 1. The van der Waals surface area contributed by atoms with Crippen LogP contribution in [0.4, 0.5) is 0 Å². The van der Waals surface area contributed by atoms with Gasteiger partial charge in [0.05, 0.1) is 17.6 Å². The Bertz CT molecular complexity index is 644. The molecule has 0 aromatic carbocycles. The van der Waals surface area contributed by atoms with Gasteiger partial charge in [0.15, 0.2) is 0 Å². The Morgan fingerprint density at radius 2 is 2.10 bits per heavy atom. The van der Waals surface area contributed by atoms with Crippen LogP contribution in [0.1, 0.15) is 30.8 Å². The SMILES string of the molecule is CCc1cc(CC)n(-c2cncc(/C=C/C(=O)O)c2)n1. The number of aromatic nitrogens is 3. The predicted octanol–water partition coefficient (Wildman–Crippen LogP) is 2.49. The van der Waals surface area contributed by atoms with E-state index in [-0.39, 0.29) is 0 Å². The quantitative estimate of drug-likeness (QED) is 0.848. The third kappa shape index (κ3) is 3.12. The lowest BCUT2D eigenvalue weighted by Crippen LogP contribution is -2.02. The van der Waals surface area contributed by atoms with Crippen molar-refractivity contribution < 1.29 is 9.90 Å². The fraction of sp³-hybridized carbons (Fsp3) is 0.267. The molecule has 0 unspecified atom stereocenters. The van der Waals surface area contributed by atoms with Crippen LogP contribution in [0.15, 0.2) is 30.6 Å². The highest BCUT2D eigenvalue weighted by atomic mass is 16.4. The lowest BCUT2D eigenvalue weighted by atomic mass is 10.2. The zero-order valence-corrected chi connectivity index (χ0v) is 11.6. The smallest absolute Gasteiger partial charge is 0.328 e. The number of carboxylic acid groups (broad SMARTS) is 1. The largest absolute Gasteiger partial charge is 0.478 e. The topological polar surface area (TPSA) is 68.0 Å². The molecule has 2 aromatic rings. The third-order valence-corrected chi connectivity index (χ3v) is 2.97. The normalized spacial score (nSPS) is 11.1. The van der Waals surface area contributed by atoms with Crippen LogP contribution in [-0.2, 0) is 17.6 Å². The Morgan fingerprint density at radius 1 is 1.30 bits per heavy atom. The number of carbonyl (C=O) groups is 1. The number of nitrogens with zero attached hydrogens (tertiary/aromatic N) is 3. The molecule has 2 aromatic heterocycles. The van der Waals surface area contributed by atoms with Gasteiger partial charge in [0.1, 0.15) is 0 Å². The molecule has 104 valence electrons. The number of carboxylic acids is 1. The van der Waals surface area contributed by atoms with Crippen molar-refractivity contribution in [1.29, 1.82) is 0 Å². The minimum Gasteiger partial charge on any atom is -0.478 e. The van der Waals surface area contributed by atoms with Crippen molar-refractivity contribution in [2.75, 3.05) is 0 Å². The third-order valence-electron chi connectivity index (χ3n) is 2.97. The van der Waals surface area contributed by atoms with E-state index in [1.807, 2.05) is 10.7 Å². The molecule has 1 N–H and O–H groups in total. The van der Waals surface area contributed by atoms with Crippen LogP contribution in [0.2, 0.25) is 0 Å². The summed E-state index contributed by atoms with van der Waals surface area (Å²) in [6.45, 7) is 4.14. The summed E-state index contributed by atoms with van der Waals surface area (Å²) in [4.78, 5) is 14.7. The van der Waals surface area contributed by atoms with Crippen LogP contribution < -0.4 is 0 Å². The van der Waals surface area contributed by atoms with E-state index in [0.717, 1.165) is 41.6 Å². The highest BCUT2D eigenvalue weighted by Gasteiger charge is 2.07. The Hall–Kier alpha value is -2.43. The molecular weight excluding hydrogens is 254 g/mol. The molecule has 0 bridgehead atoms. The molecule has 5 nitrogen and oxygen atoms in total. The molecule has 0 amide bonds. The van der Waals surface area contributed by atoms with Crippen LogP contribution in [0.3, 0.4) is 0 Å². The Labute approximate surface area is 117 Å². The molecule has 5 heteroatoms. The number of hydrogen-bond acceptors (Lipinski definition) is 3. The van der Waals surface area contributed by atoms with Gasteiger partial charge in [-0.25, -0.2) is 9.48 Å². The van der Waals surface area contributed by atoms with Crippen molar-refractivity contribution >= 4 is 12.0 Å². The van der Waals surface area contributed by atoms with Gasteiger partial charge in [-0.3, -0.25) is 4.98 Å². The fourth-order valence-corrected chi connectivity index (χ4v) is 1.94. The summed E-state index contributed by atoms with van der Waals surface area (Å²) < 4.78 is 1.87. The molecule has 0 saturated carbocycles. The summed E-state index contributed by atoms with van der Waals surface area (Å²) >= 11 is 0. The lowest BCUT2D eigenvalue weighted by molar-refractivity contribution is -0.131. The first-order chi connectivity index (χ1) is 9.63. The van der Waals surface area contributed by atoms with E-state index in [4.69, 9.17) is 5.11 Å². The maximum Gasteiger partial charge on any atom is 0.328 e. The average molecular weight is 271 g/mol. The molecule has 0 aliphatic rings. The fourth-order valence-electron chi connectivity index (χ4n) is 1.94. The summed E-state index contributed by atoms with van der Waals surface area (Å²) in [6.07, 6.45) is 7.73. The van der Waals surface area contributed by atoms with Gasteiger partial charge in [-0.15, -0.1) is 0 Å². The minimum atomic E-state index is -0.975. The highest BCUT2D eigenvalue weighted by Crippen LogP contribution is 2.15. The molecule has 0 saturated heterocycles. The van der Waals surface area contributed by atoms with E-state index in [9.17, 15) is 4.79 Å². The molecule has 20 heavy (non-hydrogen) atoms. The van der Waals surface area contributed by atoms with Crippen molar-refractivity contribution in [3.63, 3.8) is 0 Å². The van der Waals surface area contributed by atoms with Gasteiger partial charge in [-0.2, -0.15) is 5.10 Å². The standard InChI is InChI=1S/C15H17N3O2/c1-3-12-8-13(4-2)18(17-12)14-7-11(9-16-10-14)5-6-15(19)20/h5-10H,3-4H2,1-2H3,(H,19,20)/b6-5+.